The van der Waals surface area contributed by atoms with E-state index in [4.69, 9.17) is 4.74 Å². The van der Waals surface area contributed by atoms with Gasteiger partial charge in [0.05, 0.1) is 17.7 Å². The van der Waals surface area contributed by atoms with Gasteiger partial charge < -0.3 is 4.74 Å². The fraction of sp³-hybridized carbons (Fsp3) is 0.0769. The van der Waals surface area contributed by atoms with Crippen LogP contribution in [-0.2, 0) is 10.0 Å². The van der Waals surface area contributed by atoms with Gasteiger partial charge in [0.25, 0.3) is 10.0 Å². The Kier molecular flexibility index (Phi) is 4.29. The molecule has 106 valence electrons. The van der Waals surface area contributed by atoms with Gasteiger partial charge in [-0.25, -0.2) is 12.8 Å². The standard InChI is InChI=1S/C13H11BrFNO3S/c1-19-13-6-5-10(8-12(13)15)16-20(17,18)11-4-2-3-9(14)7-11/h2-8,16H,1H3. The zero-order valence-corrected chi connectivity index (χ0v) is 12.8. The van der Waals surface area contributed by atoms with E-state index in [0.717, 1.165) is 6.07 Å². The van der Waals surface area contributed by atoms with Crippen molar-refractivity contribution in [3.63, 3.8) is 0 Å². The Labute approximate surface area is 124 Å². The summed E-state index contributed by atoms with van der Waals surface area (Å²) in [6.07, 6.45) is 0. The summed E-state index contributed by atoms with van der Waals surface area (Å²) in [5.41, 5.74) is 0.128. The molecule has 0 saturated carbocycles. The van der Waals surface area contributed by atoms with E-state index < -0.39 is 15.8 Å². The van der Waals surface area contributed by atoms with Crippen LogP contribution >= 0.6 is 15.9 Å². The van der Waals surface area contributed by atoms with Crippen molar-refractivity contribution in [2.45, 2.75) is 4.90 Å². The van der Waals surface area contributed by atoms with E-state index >= 15 is 0 Å². The van der Waals surface area contributed by atoms with E-state index in [-0.39, 0.29) is 16.3 Å². The van der Waals surface area contributed by atoms with Gasteiger partial charge in [-0.2, -0.15) is 0 Å². The summed E-state index contributed by atoms with van der Waals surface area (Å²) in [6, 6.07) is 10.1. The van der Waals surface area contributed by atoms with Crippen molar-refractivity contribution >= 4 is 31.6 Å². The van der Waals surface area contributed by atoms with Crippen LogP contribution in [0.4, 0.5) is 10.1 Å². The molecule has 2 rings (SSSR count). The largest absolute Gasteiger partial charge is 0.494 e. The first kappa shape index (κ1) is 14.8. The highest BCUT2D eigenvalue weighted by atomic mass is 79.9. The quantitative estimate of drug-likeness (QED) is 0.909. The number of methoxy groups -OCH3 is 1. The normalized spacial score (nSPS) is 11.2. The molecule has 20 heavy (non-hydrogen) atoms. The molecule has 0 bridgehead atoms. The molecule has 0 atom stereocenters. The van der Waals surface area contributed by atoms with Crippen LogP contribution in [0.2, 0.25) is 0 Å². The second kappa shape index (κ2) is 5.80. The first-order chi connectivity index (χ1) is 9.42. The molecule has 0 aliphatic rings. The highest BCUT2D eigenvalue weighted by molar-refractivity contribution is 9.10. The van der Waals surface area contributed by atoms with Crippen molar-refractivity contribution in [2.24, 2.45) is 0 Å². The minimum absolute atomic E-state index is 0.0513. The lowest BCUT2D eigenvalue weighted by molar-refractivity contribution is 0.386. The van der Waals surface area contributed by atoms with Crippen LogP contribution in [0.1, 0.15) is 0 Å². The predicted molar refractivity (Wildman–Crippen MR) is 77.9 cm³/mol. The van der Waals surface area contributed by atoms with Gasteiger partial charge in [0.2, 0.25) is 0 Å². The minimum Gasteiger partial charge on any atom is -0.494 e. The maximum atomic E-state index is 13.5. The second-order valence-corrected chi connectivity index (χ2v) is 6.51. The van der Waals surface area contributed by atoms with Crippen LogP contribution in [0.25, 0.3) is 0 Å². The summed E-state index contributed by atoms with van der Waals surface area (Å²) in [7, 11) is -2.42. The molecule has 7 heteroatoms. The second-order valence-electron chi connectivity index (χ2n) is 3.91. The minimum atomic E-state index is -3.76. The van der Waals surface area contributed by atoms with E-state index in [9.17, 15) is 12.8 Å². The molecule has 0 amide bonds. The first-order valence-electron chi connectivity index (χ1n) is 5.54. The van der Waals surface area contributed by atoms with E-state index in [2.05, 4.69) is 20.7 Å². The SMILES string of the molecule is COc1ccc(NS(=O)(=O)c2cccc(Br)c2)cc1F. The van der Waals surface area contributed by atoms with Crippen molar-refractivity contribution < 1.29 is 17.5 Å². The molecule has 0 aliphatic carbocycles. The number of ether oxygens (including phenoxy) is 1. The highest BCUT2D eigenvalue weighted by Crippen LogP contribution is 2.23. The van der Waals surface area contributed by atoms with Crippen LogP contribution in [0.3, 0.4) is 0 Å². The lowest BCUT2D eigenvalue weighted by atomic mass is 10.3. The van der Waals surface area contributed by atoms with E-state index in [1.807, 2.05) is 0 Å². The summed E-state index contributed by atoms with van der Waals surface area (Å²) in [5, 5.41) is 0. The summed E-state index contributed by atoms with van der Waals surface area (Å²) >= 11 is 3.20. The van der Waals surface area contributed by atoms with Gasteiger partial charge in [-0.15, -0.1) is 0 Å². The molecule has 2 aromatic carbocycles. The Morgan fingerprint density at radius 3 is 2.55 bits per heavy atom. The number of hydrogen-bond acceptors (Lipinski definition) is 3. The summed E-state index contributed by atoms with van der Waals surface area (Å²) in [4.78, 5) is 0.0862. The van der Waals surface area contributed by atoms with Crippen LogP contribution in [0.5, 0.6) is 5.75 Å². The Balaban J connectivity index is 2.31. The van der Waals surface area contributed by atoms with E-state index in [1.54, 1.807) is 12.1 Å². The van der Waals surface area contributed by atoms with Gasteiger partial charge in [-0.1, -0.05) is 22.0 Å². The van der Waals surface area contributed by atoms with E-state index in [1.165, 1.54) is 31.4 Å². The van der Waals surface area contributed by atoms with Gasteiger partial charge >= 0.3 is 0 Å². The first-order valence-corrected chi connectivity index (χ1v) is 7.82. The maximum Gasteiger partial charge on any atom is 0.261 e. The third-order valence-electron chi connectivity index (χ3n) is 2.51. The van der Waals surface area contributed by atoms with E-state index in [0.29, 0.717) is 4.47 Å². The Morgan fingerprint density at radius 2 is 1.95 bits per heavy atom. The molecular formula is C13H11BrFNO3S. The fourth-order valence-electron chi connectivity index (χ4n) is 1.58. The van der Waals surface area contributed by atoms with Crippen LogP contribution in [0.15, 0.2) is 51.8 Å². The lowest BCUT2D eigenvalue weighted by Crippen LogP contribution is -2.13. The number of sulfonamides is 1. The smallest absolute Gasteiger partial charge is 0.261 e. The van der Waals surface area contributed by atoms with Crippen molar-refractivity contribution in [1.29, 1.82) is 0 Å². The maximum absolute atomic E-state index is 13.5. The molecule has 0 spiro atoms. The molecule has 0 unspecified atom stereocenters. The number of anilines is 1. The molecule has 0 heterocycles. The van der Waals surface area contributed by atoms with Gasteiger partial charge in [0.15, 0.2) is 11.6 Å². The topological polar surface area (TPSA) is 55.4 Å². The number of halogens is 2. The molecule has 1 N–H and O–H groups in total. The van der Waals surface area contributed by atoms with Gasteiger partial charge in [-0.3, -0.25) is 4.72 Å². The zero-order chi connectivity index (χ0) is 14.8. The van der Waals surface area contributed by atoms with Crippen LogP contribution < -0.4 is 9.46 Å². The van der Waals surface area contributed by atoms with Crippen molar-refractivity contribution in [3.8, 4) is 5.75 Å². The number of benzene rings is 2. The zero-order valence-electron chi connectivity index (χ0n) is 10.4. The highest BCUT2D eigenvalue weighted by Gasteiger charge is 2.15. The fourth-order valence-corrected chi connectivity index (χ4v) is 3.22. The molecule has 0 saturated heterocycles. The third kappa shape index (κ3) is 3.29. The molecule has 0 fully saturated rings. The molecule has 0 aromatic heterocycles. The molecule has 0 radical (unpaired) electrons. The van der Waals surface area contributed by atoms with Crippen molar-refractivity contribution in [3.05, 3.63) is 52.8 Å². The van der Waals surface area contributed by atoms with Gasteiger partial charge in [-0.05, 0) is 30.3 Å². The molecule has 2 aromatic rings. The Hall–Kier alpha value is -1.60. The molecule has 4 nitrogen and oxygen atoms in total. The summed E-state index contributed by atoms with van der Waals surface area (Å²) in [5.74, 6) is -0.586. The Bertz CT molecular complexity index is 734. The lowest BCUT2D eigenvalue weighted by Gasteiger charge is -2.09. The van der Waals surface area contributed by atoms with Gasteiger partial charge in [0, 0.05) is 10.5 Å². The number of hydrogen-bond donors (Lipinski definition) is 1. The molecule has 0 aliphatic heterocycles. The van der Waals surface area contributed by atoms with Crippen molar-refractivity contribution in [2.75, 3.05) is 11.8 Å². The summed E-state index contributed by atoms with van der Waals surface area (Å²) < 4.78 is 45.5. The predicted octanol–water partition coefficient (Wildman–Crippen LogP) is 3.40. The van der Waals surface area contributed by atoms with Crippen LogP contribution in [0, 0.1) is 5.82 Å². The van der Waals surface area contributed by atoms with Crippen molar-refractivity contribution in [1.82, 2.24) is 0 Å². The summed E-state index contributed by atoms with van der Waals surface area (Å²) in [6.45, 7) is 0. The number of rotatable bonds is 4. The average Bonchev–Trinajstić information content (AvgIpc) is 2.38. The molecular weight excluding hydrogens is 349 g/mol. The van der Waals surface area contributed by atoms with Gasteiger partial charge in [0.1, 0.15) is 0 Å². The third-order valence-corrected chi connectivity index (χ3v) is 4.38. The monoisotopic (exact) mass is 359 g/mol. The number of nitrogens with one attached hydrogen (secondary N) is 1. The average molecular weight is 360 g/mol. The van der Waals surface area contributed by atoms with Crippen LogP contribution in [-0.4, -0.2) is 15.5 Å². The Morgan fingerprint density at radius 1 is 1.20 bits per heavy atom.